The number of hydrogen-bond donors (Lipinski definition) is 4. The summed E-state index contributed by atoms with van der Waals surface area (Å²) in [4.78, 5) is 32.2. The lowest BCUT2D eigenvalue weighted by Gasteiger charge is -2.06. The number of nitrogens with one attached hydrogen (secondary N) is 4. The van der Waals surface area contributed by atoms with Crippen molar-refractivity contribution in [1.29, 1.82) is 0 Å². The first-order valence-electron chi connectivity index (χ1n) is 8.28. The van der Waals surface area contributed by atoms with Gasteiger partial charge in [0.05, 0.1) is 18.1 Å². The zero-order valence-electron chi connectivity index (χ0n) is 14.2. The molecule has 0 spiro atoms. The number of aromatic nitrogens is 3. The van der Waals surface area contributed by atoms with Gasteiger partial charge in [0, 0.05) is 29.2 Å². The predicted octanol–water partition coefficient (Wildman–Crippen LogP) is 2.32. The van der Waals surface area contributed by atoms with Gasteiger partial charge in [-0.3, -0.25) is 4.79 Å². The minimum absolute atomic E-state index is 0.175. The van der Waals surface area contributed by atoms with Crippen molar-refractivity contribution in [2.75, 3.05) is 13.7 Å². The molecule has 0 aliphatic carbocycles. The molecule has 0 atom stereocenters. The van der Waals surface area contributed by atoms with Gasteiger partial charge < -0.3 is 25.0 Å². The zero-order valence-corrected chi connectivity index (χ0v) is 14.2. The third-order valence-corrected chi connectivity index (χ3v) is 4.43. The molecular weight excluding hydrogens is 332 g/mol. The molecular formula is C19H18N4O3. The molecule has 0 radical (unpaired) electrons. The number of imidazole rings is 1. The van der Waals surface area contributed by atoms with E-state index < -0.39 is 0 Å². The van der Waals surface area contributed by atoms with Gasteiger partial charge in [0.15, 0.2) is 0 Å². The molecule has 2 aromatic heterocycles. The summed E-state index contributed by atoms with van der Waals surface area (Å²) in [5.41, 5.74) is 3.67. The fourth-order valence-corrected chi connectivity index (χ4v) is 3.08. The molecule has 0 saturated carbocycles. The second-order valence-electron chi connectivity index (χ2n) is 6.07. The highest BCUT2D eigenvalue weighted by atomic mass is 16.5. The van der Waals surface area contributed by atoms with E-state index in [0.29, 0.717) is 29.6 Å². The van der Waals surface area contributed by atoms with Crippen LogP contribution in [0.4, 0.5) is 0 Å². The molecule has 0 aliphatic rings. The van der Waals surface area contributed by atoms with Crippen LogP contribution in [0.2, 0.25) is 0 Å². The van der Waals surface area contributed by atoms with Crippen molar-refractivity contribution in [3.05, 3.63) is 64.2 Å². The van der Waals surface area contributed by atoms with Crippen LogP contribution >= 0.6 is 0 Å². The Balaban J connectivity index is 1.45. The number of hydrogen-bond acceptors (Lipinski definition) is 3. The maximum absolute atomic E-state index is 12.3. The predicted molar refractivity (Wildman–Crippen MR) is 99.8 cm³/mol. The average molecular weight is 350 g/mol. The van der Waals surface area contributed by atoms with Crippen molar-refractivity contribution >= 4 is 27.8 Å². The summed E-state index contributed by atoms with van der Waals surface area (Å²) in [6.45, 7) is 0.505. The second-order valence-corrected chi connectivity index (χ2v) is 6.07. The van der Waals surface area contributed by atoms with E-state index in [0.717, 1.165) is 22.2 Å². The fourth-order valence-electron chi connectivity index (χ4n) is 3.08. The highest BCUT2D eigenvalue weighted by Crippen LogP contribution is 2.23. The van der Waals surface area contributed by atoms with Crippen molar-refractivity contribution in [2.24, 2.45) is 0 Å². The van der Waals surface area contributed by atoms with Gasteiger partial charge in [-0.2, -0.15) is 0 Å². The lowest BCUT2D eigenvalue weighted by Crippen LogP contribution is -2.25. The van der Waals surface area contributed by atoms with E-state index in [9.17, 15) is 9.59 Å². The van der Waals surface area contributed by atoms with E-state index in [1.807, 2.05) is 24.4 Å². The Labute approximate surface area is 148 Å². The number of fused-ring (bicyclic) bond motifs is 2. The van der Waals surface area contributed by atoms with E-state index in [-0.39, 0.29) is 11.6 Å². The Morgan fingerprint density at radius 3 is 2.73 bits per heavy atom. The maximum atomic E-state index is 12.3. The molecule has 26 heavy (non-hydrogen) atoms. The molecule has 0 unspecified atom stereocenters. The third kappa shape index (κ3) is 2.95. The van der Waals surface area contributed by atoms with Crippen LogP contribution in [0.15, 0.2) is 47.4 Å². The molecule has 132 valence electrons. The number of H-pyrrole nitrogens is 3. The number of aromatic amines is 3. The van der Waals surface area contributed by atoms with Crippen molar-refractivity contribution in [2.45, 2.75) is 6.42 Å². The van der Waals surface area contributed by atoms with Gasteiger partial charge in [-0.25, -0.2) is 4.79 Å². The minimum atomic E-state index is -0.285. The molecule has 0 saturated heterocycles. The van der Waals surface area contributed by atoms with E-state index in [1.165, 1.54) is 0 Å². The summed E-state index contributed by atoms with van der Waals surface area (Å²) in [5, 5.41) is 4.00. The Morgan fingerprint density at radius 1 is 1.08 bits per heavy atom. The lowest BCUT2D eigenvalue weighted by atomic mass is 10.1. The molecule has 2 heterocycles. The lowest BCUT2D eigenvalue weighted by molar-refractivity contribution is 0.0954. The summed E-state index contributed by atoms with van der Waals surface area (Å²) < 4.78 is 5.27. The molecule has 0 fully saturated rings. The van der Waals surface area contributed by atoms with Crippen LogP contribution in [-0.2, 0) is 6.42 Å². The van der Waals surface area contributed by atoms with Gasteiger partial charge in [0.25, 0.3) is 5.91 Å². The van der Waals surface area contributed by atoms with Crippen LogP contribution in [0.3, 0.4) is 0 Å². The highest BCUT2D eigenvalue weighted by Gasteiger charge is 2.09. The minimum Gasteiger partial charge on any atom is -0.497 e. The smallest absolute Gasteiger partial charge is 0.323 e. The van der Waals surface area contributed by atoms with Crippen molar-refractivity contribution in [3.63, 3.8) is 0 Å². The van der Waals surface area contributed by atoms with Gasteiger partial charge in [-0.1, -0.05) is 0 Å². The summed E-state index contributed by atoms with van der Waals surface area (Å²) in [6, 6.07) is 10.9. The fraction of sp³-hybridized carbons (Fsp3) is 0.158. The van der Waals surface area contributed by atoms with E-state index >= 15 is 0 Å². The van der Waals surface area contributed by atoms with Crippen LogP contribution < -0.4 is 15.7 Å². The highest BCUT2D eigenvalue weighted by molar-refractivity contribution is 5.97. The molecule has 0 aliphatic heterocycles. The SMILES string of the molecule is COc1ccc2[nH]cc(CCNC(=O)c3ccc4[nH]c(=O)[nH]c4c3)c2c1. The largest absolute Gasteiger partial charge is 0.497 e. The van der Waals surface area contributed by atoms with Crippen LogP contribution in [0.5, 0.6) is 5.75 Å². The topological polar surface area (TPSA) is 103 Å². The number of amides is 1. The molecule has 1 amide bonds. The van der Waals surface area contributed by atoms with Crippen LogP contribution in [0, 0.1) is 0 Å². The number of ether oxygens (including phenoxy) is 1. The Morgan fingerprint density at radius 2 is 1.88 bits per heavy atom. The Hall–Kier alpha value is -3.48. The van der Waals surface area contributed by atoms with E-state index in [4.69, 9.17) is 4.74 Å². The second kappa shape index (κ2) is 6.44. The number of rotatable bonds is 5. The number of benzene rings is 2. The maximum Gasteiger partial charge on any atom is 0.323 e. The normalized spacial score (nSPS) is 11.1. The van der Waals surface area contributed by atoms with Gasteiger partial charge in [-0.05, 0) is 48.4 Å². The van der Waals surface area contributed by atoms with Gasteiger partial charge in [-0.15, -0.1) is 0 Å². The Bertz CT molecular complexity index is 1150. The van der Waals surface area contributed by atoms with Crippen molar-refractivity contribution in [1.82, 2.24) is 20.3 Å². The summed E-state index contributed by atoms with van der Waals surface area (Å²) >= 11 is 0. The van der Waals surface area contributed by atoms with Gasteiger partial charge >= 0.3 is 5.69 Å². The van der Waals surface area contributed by atoms with E-state index in [2.05, 4.69) is 20.3 Å². The Kier molecular flexibility index (Phi) is 3.96. The summed E-state index contributed by atoms with van der Waals surface area (Å²) in [5.74, 6) is 0.627. The first-order chi connectivity index (χ1) is 12.6. The molecule has 7 heteroatoms. The van der Waals surface area contributed by atoms with Gasteiger partial charge in [0.1, 0.15) is 5.75 Å². The molecule has 7 nitrogen and oxygen atoms in total. The molecule has 4 aromatic rings. The first kappa shape index (κ1) is 16.0. The standard InChI is InChI=1S/C19H18N4O3/c1-26-13-3-5-15-14(9-13)12(10-21-15)6-7-20-18(24)11-2-4-16-17(8-11)23-19(25)22-16/h2-5,8-10,21H,6-7H2,1H3,(H,20,24)(H2,22,23,25). The molecule has 4 rings (SSSR count). The van der Waals surface area contributed by atoms with E-state index in [1.54, 1.807) is 25.3 Å². The van der Waals surface area contributed by atoms with Crippen LogP contribution in [0.25, 0.3) is 21.9 Å². The summed E-state index contributed by atoms with van der Waals surface area (Å²) in [7, 11) is 1.64. The average Bonchev–Trinajstić information content (AvgIpc) is 3.22. The number of methoxy groups -OCH3 is 1. The quantitative estimate of drug-likeness (QED) is 0.444. The van der Waals surface area contributed by atoms with Crippen LogP contribution in [-0.4, -0.2) is 34.5 Å². The van der Waals surface area contributed by atoms with Crippen molar-refractivity contribution < 1.29 is 9.53 Å². The number of carbonyl (C=O) groups is 1. The van der Waals surface area contributed by atoms with Gasteiger partial charge in [0.2, 0.25) is 0 Å². The summed E-state index contributed by atoms with van der Waals surface area (Å²) in [6.07, 6.45) is 2.65. The number of carbonyl (C=O) groups excluding carboxylic acids is 1. The zero-order chi connectivity index (χ0) is 18.1. The van der Waals surface area contributed by atoms with Crippen LogP contribution in [0.1, 0.15) is 15.9 Å². The molecule has 4 N–H and O–H groups in total. The third-order valence-electron chi connectivity index (χ3n) is 4.43. The molecule has 2 aromatic carbocycles. The monoisotopic (exact) mass is 350 g/mol. The van der Waals surface area contributed by atoms with Crippen molar-refractivity contribution in [3.8, 4) is 5.75 Å². The molecule has 0 bridgehead atoms. The first-order valence-corrected chi connectivity index (χ1v) is 8.28.